The lowest BCUT2D eigenvalue weighted by Crippen LogP contribution is -2.50. The first-order valence-electron chi connectivity index (χ1n) is 23.5. The van der Waals surface area contributed by atoms with Gasteiger partial charge in [0.15, 0.2) is 31.9 Å². The Hall–Kier alpha value is -3.44. The maximum atomic E-state index is 13.0. The van der Waals surface area contributed by atoms with E-state index in [2.05, 4.69) is 20.4 Å². The highest BCUT2D eigenvalue weighted by Gasteiger charge is 2.31. The number of carbonyl (C=O) groups excluding carboxylic acids is 2. The van der Waals surface area contributed by atoms with Gasteiger partial charge in [-0.25, -0.2) is 16.8 Å². The topological polar surface area (TPSA) is 210 Å². The van der Waals surface area contributed by atoms with Gasteiger partial charge in [-0.2, -0.15) is 0 Å². The number of amides is 2. The lowest BCUT2D eigenvalue weighted by molar-refractivity contribution is -0.146. The number of rotatable bonds is 27. The number of ether oxygens (including phenoxy) is 4. The lowest BCUT2D eigenvalue weighted by atomic mass is 9.85. The molecule has 16 nitrogen and oxygen atoms in total. The number of aliphatic hydroxyl groups excluding tert-OH is 2. The Bertz CT molecular complexity index is 2500. The average Bonchev–Trinajstić information content (AvgIpc) is 3.34. The molecule has 4 aromatic carbocycles. The molecule has 0 spiro atoms. The molecule has 2 amide bonds. The highest BCUT2D eigenvalue weighted by Crippen LogP contribution is 2.40. The van der Waals surface area contributed by atoms with Gasteiger partial charge in [-0.15, -0.1) is 0 Å². The van der Waals surface area contributed by atoms with Crippen LogP contribution in [0.15, 0.2) is 82.6 Å². The van der Waals surface area contributed by atoms with Crippen LogP contribution in [0.2, 0.25) is 20.1 Å². The van der Waals surface area contributed by atoms with Crippen molar-refractivity contribution in [3.05, 3.63) is 126 Å². The molecule has 22 heteroatoms. The number of benzene rings is 4. The molecular weight excluding hydrogens is 1050 g/mol. The van der Waals surface area contributed by atoms with Gasteiger partial charge in [0, 0.05) is 84.4 Å². The smallest absolute Gasteiger partial charge is 0.252 e. The molecule has 0 fully saturated rings. The van der Waals surface area contributed by atoms with Gasteiger partial charge in [0.2, 0.25) is 0 Å². The Morgan fingerprint density at radius 3 is 1.28 bits per heavy atom. The number of sulfone groups is 2. The fourth-order valence-electron chi connectivity index (χ4n) is 8.65. The van der Waals surface area contributed by atoms with Gasteiger partial charge >= 0.3 is 0 Å². The molecule has 4 aromatic rings. The average molecular weight is 1120 g/mol. The summed E-state index contributed by atoms with van der Waals surface area (Å²) in [4.78, 5) is 29.4. The molecule has 2 aliphatic rings. The second-order valence-electron chi connectivity index (χ2n) is 17.8. The predicted molar refractivity (Wildman–Crippen MR) is 277 cm³/mol. The number of halogens is 4. The predicted octanol–water partition coefficient (Wildman–Crippen LogP) is 5.50. The first-order chi connectivity index (χ1) is 34.3. The van der Waals surface area contributed by atoms with Crippen molar-refractivity contribution in [2.24, 2.45) is 0 Å². The van der Waals surface area contributed by atoms with E-state index in [-0.39, 0.29) is 112 Å². The van der Waals surface area contributed by atoms with Crippen LogP contribution in [0.3, 0.4) is 0 Å². The molecule has 0 bridgehead atoms. The minimum absolute atomic E-state index is 0.00666. The van der Waals surface area contributed by atoms with Crippen LogP contribution in [-0.4, -0.2) is 166 Å². The Labute approximate surface area is 442 Å². The zero-order valence-corrected chi connectivity index (χ0v) is 44.8. The van der Waals surface area contributed by atoms with Gasteiger partial charge in [-0.05, 0) is 109 Å². The van der Waals surface area contributed by atoms with E-state index in [1.54, 1.807) is 36.4 Å². The Balaban J connectivity index is 0.754. The van der Waals surface area contributed by atoms with E-state index >= 15 is 0 Å². The van der Waals surface area contributed by atoms with E-state index in [0.717, 1.165) is 46.5 Å². The van der Waals surface area contributed by atoms with Crippen LogP contribution in [0.25, 0.3) is 0 Å². The van der Waals surface area contributed by atoms with Crippen LogP contribution in [0, 0.1) is 0 Å². The lowest BCUT2D eigenvalue weighted by Gasteiger charge is -2.33. The highest BCUT2D eigenvalue weighted by atomic mass is 35.5. The maximum Gasteiger partial charge on any atom is 0.252 e. The molecule has 0 saturated heterocycles. The highest BCUT2D eigenvalue weighted by molar-refractivity contribution is 7.91. The van der Waals surface area contributed by atoms with E-state index in [4.69, 9.17) is 65.4 Å². The third-order valence-electron chi connectivity index (χ3n) is 12.3. The zero-order chi connectivity index (χ0) is 52.0. The molecule has 4 atom stereocenters. The quantitative estimate of drug-likeness (QED) is 0.0544. The van der Waals surface area contributed by atoms with Crippen molar-refractivity contribution in [2.45, 2.75) is 59.8 Å². The molecule has 2 unspecified atom stereocenters. The van der Waals surface area contributed by atoms with E-state index in [0.29, 0.717) is 33.2 Å². The first kappa shape index (κ1) is 57.8. The van der Waals surface area contributed by atoms with Crippen molar-refractivity contribution in [1.29, 1.82) is 0 Å². The summed E-state index contributed by atoms with van der Waals surface area (Å²) in [5, 5.41) is 27.5. The summed E-state index contributed by atoms with van der Waals surface area (Å²) in [6.45, 7) is 4.01. The number of carbonyl (C=O) groups is 2. The normalized spacial score (nSPS) is 17.2. The summed E-state index contributed by atoms with van der Waals surface area (Å²) in [6.07, 6.45) is -3.52. The molecule has 6 rings (SSSR count). The van der Waals surface area contributed by atoms with Crippen molar-refractivity contribution in [3.8, 4) is 0 Å². The fraction of sp³-hybridized carbons (Fsp3) is 0.480. The standard InChI is InChI=1S/C50H62Cl4N4O12S2/c1-57-29-41(39-25-35(51)27-45(53)43(39)31-57)33-5-9-37(10-6-33)71(63,64)23-3-15-67-19-21-69-17-13-55-49(61)47(59)48(60)50(62)56-14-18-70-22-20-68-16-4-24-72(65,66)38-11-7-34(8-12-38)42-30-58(2)32-44-40(42)26-36(52)28-46(44)54/h5-12,25-28,41-42,47-48,59-60H,3-4,13-24,29-32H2,1-2H3,(H,55,61)(H,56,62)/t41?,42?,47-,48-/m1/s1. The van der Waals surface area contributed by atoms with Crippen molar-refractivity contribution in [3.63, 3.8) is 0 Å². The maximum absolute atomic E-state index is 13.0. The van der Waals surface area contributed by atoms with Crippen molar-refractivity contribution >= 4 is 77.9 Å². The summed E-state index contributed by atoms with van der Waals surface area (Å²) in [5.41, 5.74) is 6.05. The van der Waals surface area contributed by atoms with Crippen molar-refractivity contribution < 1.29 is 55.6 Å². The fourth-order valence-corrected chi connectivity index (χ4v) is 12.4. The zero-order valence-electron chi connectivity index (χ0n) is 40.2. The third kappa shape index (κ3) is 16.3. The van der Waals surface area contributed by atoms with Crippen LogP contribution in [-0.2, 0) is 61.3 Å². The summed E-state index contributed by atoms with van der Waals surface area (Å²) in [7, 11) is -3.07. The van der Waals surface area contributed by atoms with Crippen LogP contribution >= 0.6 is 46.4 Å². The number of aliphatic hydroxyl groups is 2. The summed E-state index contributed by atoms with van der Waals surface area (Å²) < 4.78 is 74.0. The van der Waals surface area contributed by atoms with Gasteiger partial charge in [0.25, 0.3) is 11.8 Å². The van der Waals surface area contributed by atoms with Gasteiger partial charge in [-0.3, -0.25) is 9.59 Å². The molecule has 394 valence electrons. The second kappa shape index (κ2) is 27.4. The third-order valence-corrected chi connectivity index (χ3v) is 17.1. The van der Waals surface area contributed by atoms with Crippen molar-refractivity contribution in [2.75, 3.05) is 105 Å². The number of hydrogen-bond acceptors (Lipinski definition) is 14. The Morgan fingerprint density at radius 1 is 0.569 bits per heavy atom. The Morgan fingerprint density at radius 2 is 0.917 bits per heavy atom. The number of nitrogens with zero attached hydrogens (tertiary/aromatic N) is 2. The van der Waals surface area contributed by atoms with Gasteiger partial charge in [0.05, 0.1) is 60.9 Å². The summed E-state index contributed by atoms with van der Waals surface area (Å²) >= 11 is 25.6. The number of fused-ring (bicyclic) bond motifs is 2. The van der Waals surface area contributed by atoms with Gasteiger partial charge < -0.3 is 49.6 Å². The molecule has 72 heavy (non-hydrogen) atoms. The van der Waals surface area contributed by atoms with E-state index in [1.165, 1.54) is 0 Å². The van der Waals surface area contributed by atoms with E-state index < -0.39 is 43.7 Å². The Kier molecular flexibility index (Phi) is 22.0. The van der Waals surface area contributed by atoms with Crippen LogP contribution in [0.1, 0.15) is 58.1 Å². The van der Waals surface area contributed by atoms with Crippen LogP contribution in [0.5, 0.6) is 0 Å². The second-order valence-corrected chi connectivity index (χ2v) is 23.7. The number of likely N-dealkylation sites (N-methyl/N-ethyl adjacent to an activating group) is 2. The van der Waals surface area contributed by atoms with E-state index in [9.17, 15) is 36.6 Å². The monoisotopic (exact) mass is 1110 g/mol. The van der Waals surface area contributed by atoms with Gasteiger partial charge in [0.1, 0.15) is 0 Å². The SMILES string of the molecule is CN1Cc2c(Cl)cc(Cl)cc2C(c2ccc(S(=O)(=O)CCCOCCOCCNC(=O)[C@H](O)[C@@H](O)C(=O)NCCOCCOCCCS(=O)(=O)c3ccc(C4CN(C)Cc5c(Cl)cc(Cl)cc54)cc3)cc2)C1. The molecule has 0 aliphatic carbocycles. The van der Waals surface area contributed by atoms with Crippen molar-refractivity contribution in [1.82, 2.24) is 20.4 Å². The molecule has 0 saturated carbocycles. The molecule has 4 N–H and O–H groups in total. The number of nitrogens with one attached hydrogen (secondary N) is 2. The minimum atomic E-state index is -3.55. The minimum Gasteiger partial charge on any atom is -0.380 e. The molecule has 2 heterocycles. The van der Waals surface area contributed by atoms with Crippen LogP contribution < -0.4 is 10.6 Å². The largest absolute Gasteiger partial charge is 0.380 e. The molecule has 0 radical (unpaired) electrons. The van der Waals surface area contributed by atoms with Gasteiger partial charge in [-0.1, -0.05) is 70.7 Å². The summed E-state index contributed by atoms with van der Waals surface area (Å²) in [6, 6.07) is 21.2. The molecule has 0 aromatic heterocycles. The van der Waals surface area contributed by atoms with E-state index in [1.807, 2.05) is 50.5 Å². The molecule has 2 aliphatic heterocycles. The molecular formula is C50H62Cl4N4O12S2. The number of hydrogen-bond donors (Lipinski definition) is 4. The summed E-state index contributed by atoms with van der Waals surface area (Å²) in [5.74, 6) is -2.16. The van der Waals surface area contributed by atoms with Crippen LogP contribution in [0.4, 0.5) is 0 Å². The first-order valence-corrected chi connectivity index (χ1v) is 28.4.